The van der Waals surface area contributed by atoms with Crippen molar-refractivity contribution in [1.29, 1.82) is 0 Å². The van der Waals surface area contributed by atoms with Gasteiger partial charge in [0.2, 0.25) is 0 Å². The molecule has 0 aliphatic heterocycles. The van der Waals surface area contributed by atoms with Gasteiger partial charge in [0.05, 0.1) is 5.92 Å². The number of carbonyl (C=O) groups is 1. The first-order valence-corrected chi connectivity index (χ1v) is 11.0. The maximum atomic E-state index is 12.8. The third-order valence-electron chi connectivity index (χ3n) is 5.93. The Morgan fingerprint density at radius 1 is 1.11 bits per heavy atom. The minimum Gasteiger partial charge on any atom is -0.460 e. The molecule has 0 aromatic rings. The van der Waals surface area contributed by atoms with Crippen LogP contribution < -0.4 is 0 Å². The number of ether oxygens (including phenoxy) is 1. The van der Waals surface area contributed by atoms with Crippen molar-refractivity contribution in [1.82, 2.24) is 0 Å². The molecule has 4 nitrogen and oxygen atoms in total. The van der Waals surface area contributed by atoms with E-state index in [4.69, 9.17) is 9.57 Å². The van der Waals surface area contributed by atoms with Crippen LogP contribution in [0.1, 0.15) is 80.1 Å². The van der Waals surface area contributed by atoms with Crippen LogP contribution in [0.15, 0.2) is 5.16 Å². The number of hydrogen-bond acceptors (Lipinski definition) is 4. The van der Waals surface area contributed by atoms with Crippen molar-refractivity contribution in [2.24, 2.45) is 40.7 Å². The van der Waals surface area contributed by atoms with Gasteiger partial charge in [-0.1, -0.05) is 38.3 Å². The molecule has 1 unspecified atom stereocenters. The minimum absolute atomic E-state index is 0.00112. The van der Waals surface area contributed by atoms with Gasteiger partial charge in [-0.2, -0.15) is 0 Å². The summed E-state index contributed by atoms with van der Waals surface area (Å²) in [5.41, 5.74) is 0.245. The van der Waals surface area contributed by atoms with Gasteiger partial charge in [0, 0.05) is 11.8 Å². The molecule has 0 saturated heterocycles. The molecule has 2 aliphatic carbocycles. The molecule has 0 aromatic heterocycles. The first-order chi connectivity index (χ1) is 13.1. The van der Waals surface area contributed by atoms with Crippen molar-refractivity contribution in [2.75, 3.05) is 7.11 Å². The summed E-state index contributed by atoms with van der Waals surface area (Å²) in [5, 5.41) is 4.24. The summed E-state index contributed by atoms with van der Waals surface area (Å²) in [4.78, 5) is 17.9. The summed E-state index contributed by atoms with van der Waals surface area (Å²) in [6.07, 6.45) is 6.49. The van der Waals surface area contributed by atoms with Gasteiger partial charge >= 0.3 is 5.97 Å². The predicted molar refractivity (Wildman–Crippen MR) is 114 cm³/mol. The van der Waals surface area contributed by atoms with E-state index in [-0.39, 0.29) is 17.8 Å². The Morgan fingerprint density at radius 3 is 2.29 bits per heavy atom. The van der Waals surface area contributed by atoms with E-state index in [9.17, 15) is 4.79 Å². The molecule has 2 fully saturated rings. The van der Waals surface area contributed by atoms with Crippen LogP contribution in [0.3, 0.4) is 0 Å². The van der Waals surface area contributed by atoms with Crippen molar-refractivity contribution in [3.8, 4) is 11.8 Å². The molecule has 4 heteroatoms. The third kappa shape index (κ3) is 6.54. The lowest BCUT2D eigenvalue weighted by molar-refractivity contribution is -0.160. The van der Waals surface area contributed by atoms with Gasteiger partial charge in [-0.05, 0) is 76.5 Å². The zero-order valence-corrected chi connectivity index (χ0v) is 18.9. The summed E-state index contributed by atoms with van der Waals surface area (Å²) >= 11 is 0. The normalized spacial score (nSPS) is 30.4. The predicted octanol–water partition coefficient (Wildman–Crippen LogP) is 5.46. The summed E-state index contributed by atoms with van der Waals surface area (Å²) in [5.74, 6) is 8.93. The molecule has 28 heavy (non-hydrogen) atoms. The molecule has 0 spiro atoms. The van der Waals surface area contributed by atoms with Crippen LogP contribution in [-0.4, -0.2) is 24.4 Å². The second-order valence-corrected chi connectivity index (χ2v) is 10.1. The quantitative estimate of drug-likeness (QED) is 0.262. The van der Waals surface area contributed by atoms with Gasteiger partial charge < -0.3 is 9.57 Å². The van der Waals surface area contributed by atoms with E-state index in [1.807, 2.05) is 20.8 Å². The Labute approximate surface area is 171 Å². The van der Waals surface area contributed by atoms with Gasteiger partial charge in [0.1, 0.15) is 18.4 Å². The Morgan fingerprint density at radius 2 is 1.75 bits per heavy atom. The highest BCUT2D eigenvalue weighted by Crippen LogP contribution is 2.41. The zero-order chi connectivity index (χ0) is 20.9. The van der Waals surface area contributed by atoms with Crippen molar-refractivity contribution >= 4 is 11.7 Å². The van der Waals surface area contributed by atoms with Crippen LogP contribution in [0, 0.1) is 47.3 Å². The van der Waals surface area contributed by atoms with Crippen LogP contribution in [0.2, 0.25) is 0 Å². The average Bonchev–Trinajstić information content (AvgIpc) is 2.98. The first kappa shape index (κ1) is 22.8. The number of rotatable bonds is 6. The summed E-state index contributed by atoms with van der Waals surface area (Å²) < 4.78 is 5.70. The molecule has 0 radical (unpaired) electrons. The van der Waals surface area contributed by atoms with E-state index in [0.717, 1.165) is 36.8 Å². The number of hydrogen-bond donors (Lipinski definition) is 0. The van der Waals surface area contributed by atoms with Gasteiger partial charge in [-0.25, -0.2) is 0 Å². The maximum absolute atomic E-state index is 12.8. The molecule has 2 saturated carbocycles. The average molecular weight is 390 g/mol. The topological polar surface area (TPSA) is 47.9 Å². The lowest BCUT2D eigenvalue weighted by Crippen LogP contribution is -2.32. The van der Waals surface area contributed by atoms with E-state index in [0.29, 0.717) is 11.8 Å². The van der Waals surface area contributed by atoms with Crippen LogP contribution >= 0.6 is 0 Å². The van der Waals surface area contributed by atoms with Crippen molar-refractivity contribution in [3.05, 3.63) is 0 Å². The molecule has 2 rings (SSSR count). The fourth-order valence-corrected chi connectivity index (χ4v) is 4.59. The first-order valence-electron chi connectivity index (χ1n) is 11.0. The van der Waals surface area contributed by atoms with E-state index in [1.165, 1.54) is 19.3 Å². The molecule has 158 valence electrons. The molecule has 3 atom stereocenters. The Bertz CT molecular complexity index is 614. The highest BCUT2D eigenvalue weighted by atomic mass is 16.6. The number of esters is 1. The largest absolute Gasteiger partial charge is 0.460 e. The molecule has 0 amide bonds. The summed E-state index contributed by atoms with van der Waals surface area (Å²) in [7, 11) is 1.55. The van der Waals surface area contributed by atoms with Gasteiger partial charge in [0.15, 0.2) is 0 Å². The van der Waals surface area contributed by atoms with Crippen molar-refractivity contribution in [3.63, 3.8) is 0 Å². The minimum atomic E-state index is -0.479. The fourth-order valence-electron chi connectivity index (χ4n) is 4.59. The number of carbonyl (C=O) groups excluding carboxylic acids is 1. The maximum Gasteiger partial charge on any atom is 0.310 e. The molecule has 0 aromatic carbocycles. The van der Waals surface area contributed by atoms with Crippen LogP contribution in [-0.2, 0) is 14.4 Å². The van der Waals surface area contributed by atoms with E-state index >= 15 is 0 Å². The second kappa shape index (κ2) is 9.81. The van der Waals surface area contributed by atoms with E-state index in [2.05, 4.69) is 37.8 Å². The molecule has 0 bridgehead atoms. The second-order valence-electron chi connectivity index (χ2n) is 10.1. The highest BCUT2D eigenvalue weighted by Gasteiger charge is 2.43. The van der Waals surface area contributed by atoms with E-state index in [1.54, 1.807) is 7.11 Å². The summed E-state index contributed by atoms with van der Waals surface area (Å²) in [6.45, 7) is 12.5. The SMILES string of the molecule is CCC1C[C@H](C(=O)OC(C)(C)C)[C@@H](/C(C#CC2CC(CC(C)C)C2)=N/OC)C1. The van der Waals surface area contributed by atoms with E-state index < -0.39 is 5.60 Å². The van der Waals surface area contributed by atoms with Gasteiger partial charge in [0.25, 0.3) is 0 Å². The monoisotopic (exact) mass is 389 g/mol. The Hall–Kier alpha value is -1.50. The fraction of sp³-hybridized carbons (Fsp3) is 0.833. The molecule has 2 aliphatic rings. The summed E-state index contributed by atoms with van der Waals surface area (Å²) in [6, 6.07) is 0. The zero-order valence-electron chi connectivity index (χ0n) is 18.9. The van der Waals surface area contributed by atoms with Crippen molar-refractivity contribution in [2.45, 2.75) is 85.7 Å². The van der Waals surface area contributed by atoms with Gasteiger partial charge in [-0.3, -0.25) is 4.79 Å². The smallest absolute Gasteiger partial charge is 0.310 e. The molecule has 0 N–H and O–H groups in total. The number of nitrogens with zero attached hydrogens (tertiary/aromatic N) is 1. The Balaban J connectivity index is 2.09. The lowest BCUT2D eigenvalue weighted by atomic mass is 9.71. The lowest BCUT2D eigenvalue weighted by Gasteiger charge is -2.33. The highest BCUT2D eigenvalue weighted by molar-refractivity contribution is 6.04. The van der Waals surface area contributed by atoms with Gasteiger partial charge in [-0.15, -0.1) is 0 Å². The van der Waals surface area contributed by atoms with Crippen LogP contribution in [0.4, 0.5) is 0 Å². The molecule has 0 heterocycles. The number of oxime groups is 1. The molecular formula is C24H39NO3. The van der Waals surface area contributed by atoms with Crippen LogP contribution in [0.5, 0.6) is 0 Å². The Kier molecular flexibility index (Phi) is 7.98. The standard InChI is InChI=1S/C24H39NO3/c1-8-17-14-20(21(15-17)23(26)28-24(4,5)6)22(25-27-7)10-9-18-12-19(13-18)11-16(2)3/h16-21H,8,11-15H2,1-7H3/b25-22+/t17?,18?,19?,20-,21-/m0/s1. The van der Waals surface area contributed by atoms with Crippen molar-refractivity contribution < 1.29 is 14.4 Å². The third-order valence-corrected chi connectivity index (χ3v) is 5.93. The van der Waals surface area contributed by atoms with Crippen LogP contribution in [0.25, 0.3) is 0 Å². The molecular weight excluding hydrogens is 350 g/mol.